The first-order valence-corrected chi connectivity index (χ1v) is 5.44. The summed E-state index contributed by atoms with van der Waals surface area (Å²) in [4.78, 5) is 14.8. The molecule has 0 radical (unpaired) electrons. The molecule has 0 atom stereocenters. The summed E-state index contributed by atoms with van der Waals surface area (Å²) >= 11 is 0. The predicted octanol–water partition coefficient (Wildman–Crippen LogP) is 0.705. The molecule has 0 saturated carbocycles. The summed E-state index contributed by atoms with van der Waals surface area (Å²) in [6.07, 6.45) is 1.63. The number of hydrogen-bond acceptors (Lipinski definition) is 5. The molecule has 0 aromatic carbocycles. The van der Waals surface area contributed by atoms with Gasteiger partial charge in [-0.2, -0.15) is 5.10 Å². The highest BCUT2D eigenvalue weighted by molar-refractivity contribution is 5.84. The maximum absolute atomic E-state index is 10.7. The van der Waals surface area contributed by atoms with Crippen molar-refractivity contribution in [1.82, 2.24) is 20.1 Å². The smallest absolute Gasteiger partial charge is 0.371 e. The minimum absolute atomic E-state index is 0.0414. The van der Waals surface area contributed by atoms with Gasteiger partial charge in [0, 0.05) is 19.2 Å². The number of nitrogens with zero attached hydrogens (tertiary/aromatic N) is 3. The highest BCUT2D eigenvalue weighted by atomic mass is 16.4. The van der Waals surface area contributed by atoms with Crippen LogP contribution in [0.2, 0.25) is 0 Å². The van der Waals surface area contributed by atoms with Crippen molar-refractivity contribution in [1.29, 1.82) is 0 Å². The summed E-state index contributed by atoms with van der Waals surface area (Å²) in [6, 6.07) is 1.52. The van der Waals surface area contributed by atoms with E-state index in [0.29, 0.717) is 24.7 Å². The lowest BCUT2D eigenvalue weighted by Crippen LogP contribution is -2.14. The minimum Gasteiger partial charge on any atom is -0.475 e. The first kappa shape index (κ1) is 12.3. The highest BCUT2D eigenvalue weighted by Crippen LogP contribution is 2.14. The van der Waals surface area contributed by atoms with Crippen LogP contribution in [0.4, 0.5) is 0 Å². The second-order valence-corrected chi connectivity index (χ2v) is 3.94. The fourth-order valence-electron chi connectivity index (χ4n) is 1.57. The van der Waals surface area contributed by atoms with Crippen LogP contribution in [0.15, 0.2) is 16.8 Å². The fraction of sp³-hybridized carbons (Fsp3) is 0.364. The van der Waals surface area contributed by atoms with E-state index in [0.717, 1.165) is 5.56 Å². The van der Waals surface area contributed by atoms with Crippen molar-refractivity contribution in [2.75, 3.05) is 0 Å². The minimum atomic E-state index is -1.06. The van der Waals surface area contributed by atoms with Crippen LogP contribution in [-0.4, -0.2) is 25.8 Å². The van der Waals surface area contributed by atoms with Crippen LogP contribution in [0.25, 0.3) is 0 Å². The SMILES string of the molecule is Cc1oc(C(=O)O)cc1CNCc1ncn(C)n1. The zero-order valence-corrected chi connectivity index (χ0v) is 10.2. The predicted molar refractivity (Wildman–Crippen MR) is 62.0 cm³/mol. The molecular formula is C11H14N4O3. The average Bonchev–Trinajstić information content (AvgIpc) is 2.87. The monoisotopic (exact) mass is 250 g/mol. The standard InChI is InChI=1S/C11H14N4O3/c1-7-8(3-9(18-7)11(16)17)4-12-5-10-13-6-15(2)14-10/h3,6,12H,4-5H2,1-2H3,(H,16,17). The van der Waals surface area contributed by atoms with Crippen molar-refractivity contribution in [3.05, 3.63) is 35.3 Å². The normalized spacial score (nSPS) is 10.8. The Morgan fingerprint density at radius 2 is 2.33 bits per heavy atom. The Bertz CT molecular complexity index is 558. The Morgan fingerprint density at radius 1 is 1.56 bits per heavy atom. The maximum atomic E-state index is 10.7. The Kier molecular flexibility index (Phi) is 3.42. The summed E-state index contributed by atoms with van der Waals surface area (Å²) in [5.41, 5.74) is 0.823. The summed E-state index contributed by atoms with van der Waals surface area (Å²) in [7, 11) is 1.80. The molecule has 0 unspecified atom stereocenters. The molecule has 0 amide bonds. The van der Waals surface area contributed by atoms with Gasteiger partial charge in [-0.05, 0) is 13.0 Å². The molecule has 2 N–H and O–H groups in total. The van der Waals surface area contributed by atoms with Gasteiger partial charge in [-0.25, -0.2) is 9.78 Å². The highest BCUT2D eigenvalue weighted by Gasteiger charge is 2.12. The number of carboxylic acids is 1. The molecule has 0 spiro atoms. The number of carboxylic acid groups (broad SMARTS) is 1. The molecule has 7 heteroatoms. The molecule has 0 aliphatic carbocycles. The van der Waals surface area contributed by atoms with Crippen molar-refractivity contribution in [3.8, 4) is 0 Å². The van der Waals surface area contributed by atoms with E-state index in [2.05, 4.69) is 15.4 Å². The van der Waals surface area contributed by atoms with Crippen LogP contribution in [0, 0.1) is 6.92 Å². The number of hydrogen-bond donors (Lipinski definition) is 2. The van der Waals surface area contributed by atoms with E-state index in [1.54, 1.807) is 25.0 Å². The second kappa shape index (κ2) is 5.01. The van der Waals surface area contributed by atoms with Gasteiger partial charge >= 0.3 is 5.97 Å². The fourth-order valence-corrected chi connectivity index (χ4v) is 1.57. The Labute approximate surface area is 103 Å². The Hall–Kier alpha value is -2.15. The number of furan rings is 1. The third-order valence-electron chi connectivity index (χ3n) is 2.48. The molecule has 96 valence electrons. The second-order valence-electron chi connectivity index (χ2n) is 3.94. The van der Waals surface area contributed by atoms with Gasteiger partial charge < -0.3 is 14.8 Å². The lowest BCUT2D eigenvalue weighted by atomic mass is 10.2. The molecule has 0 bridgehead atoms. The van der Waals surface area contributed by atoms with E-state index in [9.17, 15) is 4.79 Å². The lowest BCUT2D eigenvalue weighted by molar-refractivity contribution is 0.0661. The largest absolute Gasteiger partial charge is 0.475 e. The summed E-state index contributed by atoms with van der Waals surface area (Å²) in [5, 5.41) is 16.0. The van der Waals surface area contributed by atoms with Crippen LogP contribution < -0.4 is 5.32 Å². The number of aromatic nitrogens is 3. The lowest BCUT2D eigenvalue weighted by Gasteiger charge is -1.99. The van der Waals surface area contributed by atoms with Gasteiger partial charge in [0.2, 0.25) is 5.76 Å². The van der Waals surface area contributed by atoms with Gasteiger partial charge in [0.05, 0.1) is 6.54 Å². The van der Waals surface area contributed by atoms with Gasteiger partial charge in [-0.1, -0.05) is 0 Å². The zero-order valence-electron chi connectivity index (χ0n) is 10.2. The molecule has 2 rings (SSSR count). The van der Waals surface area contributed by atoms with Gasteiger partial charge in [-0.15, -0.1) is 0 Å². The van der Waals surface area contributed by atoms with Crippen molar-refractivity contribution in [3.63, 3.8) is 0 Å². The Balaban J connectivity index is 1.92. The van der Waals surface area contributed by atoms with E-state index >= 15 is 0 Å². The van der Waals surface area contributed by atoms with Crippen molar-refractivity contribution < 1.29 is 14.3 Å². The van der Waals surface area contributed by atoms with E-state index in [1.165, 1.54) is 6.07 Å². The van der Waals surface area contributed by atoms with Crippen molar-refractivity contribution >= 4 is 5.97 Å². The van der Waals surface area contributed by atoms with Crippen molar-refractivity contribution in [2.45, 2.75) is 20.0 Å². The van der Waals surface area contributed by atoms with Crippen LogP contribution in [0.5, 0.6) is 0 Å². The zero-order chi connectivity index (χ0) is 13.1. The molecule has 0 aliphatic rings. The van der Waals surface area contributed by atoms with E-state index in [4.69, 9.17) is 9.52 Å². The topological polar surface area (TPSA) is 93.2 Å². The number of nitrogens with one attached hydrogen (secondary N) is 1. The van der Waals surface area contributed by atoms with Gasteiger partial charge in [0.25, 0.3) is 0 Å². The molecular weight excluding hydrogens is 236 g/mol. The number of aromatic carboxylic acids is 1. The van der Waals surface area contributed by atoms with Gasteiger partial charge in [-0.3, -0.25) is 4.68 Å². The maximum Gasteiger partial charge on any atom is 0.371 e. The van der Waals surface area contributed by atoms with Gasteiger partial charge in [0.15, 0.2) is 5.82 Å². The summed E-state index contributed by atoms with van der Waals surface area (Å²) < 4.78 is 6.74. The third kappa shape index (κ3) is 2.75. The number of rotatable bonds is 5. The first-order valence-electron chi connectivity index (χ1n) is 5.44. The molecule has 2 heterocycles. The van der Waals surface area contributed by atoms with Crippen LogP contribution in [-0.2, 0) is 20.1 Å². The first-order chi connectivity index (χ1) is 8.56. The summed E-state index contributed by atoms with van der Waals surface area (Å²) in [5.74, 6) is 0.196. The number of carbonyl (C=O) groups is 1. The molecule has 2 aromatic heterocycles. The third-order valence-corrected chi connectivity index (χ3v) is 2.48. The molecule has 0 fully saturated rings. The van der Waals surface area contributed by atoms with E-state index < -0.39 is 5.97 Å². The van der Waals surface area contributed by atoms with Crippen LogP contribution in [0.1, 0.15) is 27.7 Å². The van der Waals surface area contributed by atoms with Crippen LogP contribution >= 0.6 is 0 Å². The number of aryl methyl sites for hydroxylation is 2. The molecule has 0 saturated heterocycles. The molecule has 0 aliphatic heterocycles. The molecule has 7 nitrogen and oxygen atoms in total. The Morgan fingerprint density at radius 3 is 2.89 bits per heavy atom. The average molecular weight is 250 g/mol. The van der Waals surface area contributed by atoms with Crippen LogP contribution in [0.3, 0.4) is 0 Å². The van der Waals surface area contributed by atoms with E-state index in [1.807, 2.05) is 0 Å². The summed E-state index contributed by atoms with van der Waals surface area (Å²) in [6.45, 7) is 2.78. The van der Waals surface area contributed by atoms with Gasteiger partial charge in [0.1, 0.15) is 12.1 Å². The molecule has 2 aromatic rings. The van der Waals surface area contributed by atoms with Crippen molar-refractivity contribution in [2.24, 2.45) is 7.05 Å². The quantitative estimate of drug-likeness (QED) is 0.811. The van der Waals surface area contributed by atoms with E-state index in [-0.39, 0.29) is 5.76 Å². The molecule has 18 heavy (non-hydrogen) atoms.